The Morgan fingerprint density at radius 1 is 1.18 bits per heavy atom. The first-order chi connectivity index (χ1) is 10.0. The third-order valence-electron chi connectivity index (χ3n) is 4.77. The Bertz CT molecular complexity index is 526. The quantitative estimate of drug-likeness (QED) is 0.895. The molecule has 1 amide bonds. The molecule has 2 saturated heterocycles. The van der Waals surface area contributed by atoms with Gasteiger partial charge in [-0.25, -0.2) is 0 Å². The van der Waals surface area contributed by atoms with Crippen LogP contribution in [0.15, 0.2) is 12.1 Å². The average Bonchev–Trinajstić information content (AvgIpc) is 2.94. The number of fused-ring (bicyclic) bond motifs is 1. The number of likely N-dealkylation sites (tertiary alicyclic amines) is 1. The van der Waals surface area contributed by atoms with Crippen molar-refractivity contribution in [2.45, 2.75) is 20.8 Å². The number of carbonyl (C=O) groups is 1. The summed E-state index contributed by atoms with van der Waals surface area (Å²) in [5.74, 6) is 1.58. The minimum Gasteiger partial charge on any atom is -0.324 e. The highest BCUT2D eigenvalue weighted by molar-refractivity contribution is 5.93. The molecule has 0 aliphatic carbocycles. The number of halogens is 1. The predicted octanol–water partition coefficient (Wildman–Crippen LogP) is 2.12. The summed E-state index contributed by atoms with van der Waals surface area (Å²) in [7, 11) is 0. The molecule has 122 valence electrons. The lowest BCUT2D eigenvalue weighted by Gasteiger charge is -2.18. The molecule has 0 unspecified atom stereocenters. The van der Waals surface area contributed by atoms with Gasteiger partial charge in [0, 0.05) is 18.8 Å². The second-order valence-electron chi connectivity index (χ2n) is 6.69. The van der Waals surface area contributed by atoms with Gasteiger partial charge in [-0.1, -0.05) is 17.7 Å². The van der Waals surface area contributed by atoms with E-state index in [0.717, 1.165) is 54.8 Å². The van der Waals surface area contributed by atoms with Gasteiger partial charge in [-0.2, -0.15) is 0 Å². The molecule has 3 rings (SSSR count). The topological polar surface area (TPSA) is 44.4 Å². The zero-order valence-electron chi connectivity index (χ0n) is 13.6. The fourth-order valence-electron chi connectivity index (χ4n) is 3.84. The summed E-state index contributed by atoms with van der Waals surface area (Å²) in [6.45, 7) is 11.0. The van der Waals surface area contributed by atoms with Crippen LogP contribution in [0.2, 0.25) is 0 Å². The van der Waals surface area contributed by atoms with E-state index in [2.05, 4.69) is 48.4 Å². The summed E-state index contributed by atoms with van der Waals surface area (Å²) in [6.07, 6.45) is 0. The minimum atomic E-state index is 0. The Balaban J connectivity index is 0.00000176. The maximum absolute atomic E-state index is 12.3. The van der Waals surface area contributed by atoms with Crippen molar-refractivity contribution in [1.82, 2.24) is 10.2 Å². The molecule has 1 aromatic rings. The second-order valence-corrected chi connectivity index (χ2v) is 6.69. The molecule has 2 N–H and O–H groups in total. The van der Waals surface area contributed by atoms with E-state index in [1.165, 1.54) is 5.56 Å². The van der Waals surface area contributed by atoms with E-state index in [9.17, 15) is 4.79 Å². The van der Waals surface area contributed by atoms with Crippen molar-refractivity contribution in [1.29, 1.82) is 0 Å². The van der Waals surface area contributed by atoms with Gasteiger partial charge in [0.1, 0.15) is 0 Å². The van der Waals surface area contributed by atoms with E-state index in [4.69, 9.17) is 0 Å². The summed E-state index contributed by atoms with van der Waals surface area (Å²) in [6, 6.07) is 4.24. The van der Waals surface area contributed by atoms with Gasteiger partial charge in [0.25, 0.3) is 0 Å². The summed E-state index contributed by atoms with van der Waals surface area (Å²) in [5.41, 5.74) is 4.50. The molecule has 0 aromatic heterocycles. The van der Waals surface area contributed by atoms with Crippen LogP contribution in [-0.2, 0) is 4.79 Å². The molecule has 5 heteroatoms. The molecule has 4 nitrogen and oxygen atoms in total. The fraction of sp³-hybridized carbons (Fsp3) is 0.588. The molecule has 1 aromatic carbocycles. The van der Waals surface area contributed by atoms with Crippen molar-refractivity contribution in [3.05, 3.63) is 28.8 Å². The summed E-state index contributed by atoms with van der Waals surface area (Å²) in [4.78, 5) is 14.6. The number of nitrogens with zero attached hydrogens (tertiary/aromatic N) is 1. The number of anilines is 1. The smallest absolute Gasteiger partial charge is 0.238 e. The van der Waals surface area contributed by atoms with Crippen LogP contribution in [0.25, 0.3) is 0 Å². The summed E-state index contributed by atoms with van der Waals surface area (Å²) in [5, 5.41) is 6.53. The van der Waals surface area contributed by atoms with E-state index in [1.807, 2.05) is 0 Å². The lowest BCUT2D eigenvalue weighted by Crippen LogP contribution is -2.34. The first-order valence-electron chi connectivity index (χ1n) is 7.83. The zero-order chi connectivity index (χ0) is 15.0. The van der Waals surface area contributed by atoms with Crippen LogP contribution in [-0.4, -0.2) is 43.5 Å². The van der Waals surface area contributed by atoms with Gasteiger partial charge >= 0.3 is 0 Å². The maximum atomic E-state index is 12.3. The molecular formula is C17H26ClN3O. The zero-order valence-corrected chi connectivity index (χ0v) is 14.4. The Kier molecular flexibility index (Phi) is 5.48. The maximum Gasteiger partial charge on any atom is 0.238 e. The Labute approximate surface area is 139 Å². The number of hydrogen-bond donors (Lipinski definition) is 2. The number of hydrogen-bond acceptors (Lipinski definition) is 3. The molecule has 0 saturated carbocycles. The molecule has 2 fully saturated rings. The van der Waals surface area contributed by atoms with Crippen molar-refractivity contribution in [3.63, 3.8) is 0 Å². The van der Waals surface area contributed by atoms with E-state index in [0.29, 0.717) is 6.54 Å². The van der Waals surface area contributed by atoms with Crippen molar-refractivity contribution in [2.75, 3.05) is 38.0 Å². The molecule has 0 radical (unpaired) electrons. The number of carbonyl (C=O) groups excluding carboxylic acids is 1. The van der Waals surface area contributed by atoms with E-state index >= 15 is 0 Å². The van der Waals surface area contributed by atoms with Gasteiger partial charge in [0.15, 0.2) is 0 Å². The molecule has 0 spiro atoms. The van der Waals surface area contributed by atoms with Gasteiger partial charge in [0.2, 0.25) is 5.91 Å². The summed E-state index contributed by atoms with van der Waals surface area (Å²) >= 11 is 0. The average molecular weight is 324 g/mol. The van der Waals surface area contributed by atoms with Gasteiger partial charge in [-0.05, 0) is 56.8 Å². The highest BCUT2D eigenvalue weighted by Gasteiger charge is 2.36. The molecular weight excluding hydrogens is 298 g/mol. The van der Waals surface area contributed by atoms with Crippen LogP contribution >= 0.6 is 12.4 Å². The number of aryl methyl sites for hydroxylation is 3. The standard InChI is InChI=1S/C17H25N3O.ClH/c1-11-4-12(2)17(13(3)5-11)19-16(21)10-20-8-14-6-18-7-15(14)9-20;/h4-5,14-15,18H,6-10H2,1-3H3,(H,19,21);1H/t14-,15+;. The van der Waals surface area contributed by atoms with Crippen molar-refractivity contribution >= 4 is 24.0 Å². The van der Waals surface area contributed by atoms with E-state index in [-0.39, 0.29) is 18.3 Å². The van der Waals surface area contributed by atoms with Gasteiger partial charge < -0.3 is 10.6 Å². The summed E-state index contributed by atoms with van der Waals surface area (Å²) < 4.78 is 0. The first kappa shape index (κ1) is 17.3. The highest BCUT2D eigenvalue weighted by Crippen LogP contribution is 2.26. The molecule has 22 heavy (non-hydrogen) atoms. The molecule has 2 aliphatic heterocycles. The molecule has 2 heterocycles. The van der Waals surface area contributed by atoms with Crippen LogP contribution in [0.1, 0.15) is 16.7 Å². The lowest BCUT2D eigenvalue weighted by atomic mass is 10.0. The van der Waals surface area contributed by atoms with E-state index in [1.54, 1.807) is 0 Å². The monoisotopic (exact) mass is 323 g/mol. The van der Waals surface area contributed by atoms with Gasteiger partial charge in [0.05, 0.1) is 6.54 Å². The van der Waals surface area contributed by atoms with Crippen LogP contribution in [0.3, 0.4) is 0 Å². The number of benzene rings is 1. The van der Waals surface area contributed by atoms with Crippen LogP contribution in [0.5, 0.6) is 0 Å². The molecule has 2 aliphatic rings. The Hall–Kier alpha value is -1.10. The third kappa shape index (κ3) is 3.62. The van der Waals surface area contributed by atoms with Crippen molar-refractivity contribution < 1.29 is 4.79 Å². The van der Waals surface area contributed by atoms with Crippen LogP contribution in [0, 0.1) is 32.6 Å². The fourth-order valence-corrected chi connectivity index (χ4v) is 3.84. The van der Waals surface area contributed by atoms with Crippen molar-refractivity contribution in [3.8, 4) is 0 Å². The van der Waals surface area contributed by atoms with Crippen LogP contribution < -0.4 is 10.6 Å². The third-order valence-corrected chi connectivity index (χ3v) is 4.77. The number of rotatable bonds is 3. The van der Waals surface area contributed by atoms with E-state index < -0.39 is 0 Å². The number of nitrogens with one attached hydrogen (secondary N) is 2. The SMILES string of the molecule is Cc1cc(C)c(NC(=O)CN2C[C@H]3CNC[C@H]3C2)c(C)c1.Cl. The largest absolute Gasteiger partial charge is 0.324 e. The normalized spacial score (nSPS) is 24.0. The lowest BCUT2D eigenvalue weighted by molar-refractivity contribution is -0.117. The Morgan fingerprint density at radius 3 is 2.27 bits per heavy atom. The van der Waals surface area contributed by atoms with Gasteiger partial charge in [-0.3, -0.25) is 9.69 Å². The second kappa shape index (κ2) is 6.99. The predicted molar refractivity (Wildman–Crippen MR) is 92.8 cm³/mol. The van der Waals surface area contributed by atoms with Gasteiger partial charge in [-0.15, -0.1) is 12.4 Å². The highest BCUT2D eigenvalue weighted by atomic mass is 35.5. The minimum absolute atomic E-state index is 0. The molecule has 0 bridgehead atoms. The molecule has 2 atom stereocenters. The number of amides is 1. The first-order valence-corrected chi connectivity index (χ1v) is 7.83. The van der Waals surface area contributed by atoms with Crippen LogP contribution in [0.4, 0.5) is 5.69 Å². The Morgan fingerprint density at radius 2 is 1.73 bits per heavy atom. The van der Waals surface area contributed by atoms with Crippen molar-refractivity contribution in [2.24, 2.45) is 11.8 Å².